The molecule has 170 valence electrons. The maximum Gasteiger partial charge on any atom is 0.262 e. The smallest absolute Gasteiger partial charge is 0.262 e. The number of carbonyl (C=O) groups excluding carboxylic acids is 1. The third-order valence-electron chi connectivity index (χ3n) is 6.08. The Morgan fingerprint density at radius 2 is 2.12 bits per heavy atom. The average molecular weight is 444 g/mol. The Morgan fingerprint density at radius 3 is 2.88 bits per heavy atom. The van der Waals surface area contributed by atoms with Crippen LogP contribution in [0.2, 0.25) is 0 Å². The van der Waals surface area contributed by atoms with Crippen molar-refractivity contribution in [2.24, 2.45) is 0 Å². The van der Waals surface area contributed by atoms with Crippen LogP contribution < -0.4 is 10.1 Å². The van der Waals surface area contributed by atoms with Gasteiger partial charge in [0.25, 0.3) is 5.91 Å². The number of aromatic nitrogens is 1. The summed E-state index contributed by atoms with van der Waals surface area (Å²) in [4.78, 5) is 12.6. The van der Waals surface area contributed by atoms with E-state index in [-0.39, 0.29) is 17.6 Å². The Morgan fingerprint density at radius 1 is 1.27 bits per heavy atom. The third-order valence-corrected chi connectivity index (χ3v) is 6.08. The van der Waals surface area contributed by atoms with Gasteiger partial charge >= 0.3 is 0 Å². The number of aryl methyl sites for hydroxylation is 2. The maximum absolute atomic E-state index is 12.6. The van der Waals surface area contributed by atoms with Crippen molar-refractivity contribution < 1.29 is 14.3 Å². The Hall–Kier alpha value is -3.56. The molecule has 1 N–H and O–H groups in total. The summed E-state index contributed by atoms with van der Waals surface area (Å²) in [7, 11) is 0. The third kappa shape index (κ3) is 5.44. The number of rotatable bonds is 8. The minimum atomic E-state index is -0.372. The van der Waals surface area contributed by atoms with E-state index in [1.807, 2.05) is 48.7 Å². The van der Waals surface area contributed by atoms with Gasteiger partial charge in [-0.1, -0.05) is 24.3 Å². The highest BCUT2D eigenvalue weighted by Gasteiger charge is 2.18. The molecule has 6 nitrogen and oxygen atoms in total. The minimum absolute atomic E-state index is 0.0353. The molecular weight excluding hydrogens is 414 g/mol. The first-order chi connectivity index (χ1) is 16.0. The second kappa shape index (κ2) is 10.4. The highest BCUT2D eigenvalue weighted by atomic mass is 16.5. The Kier molecular flexibility index (Phi) is 7.11. The van der Waals surface area contributed by atoms with Crippen LogP contribution in [0.3, 0.4) is 0 Å². The number of nitriles is 1. The molecule has 2 heterocycles. The molecule has 1 atom stereocenters. The molecule has 4 rings (SSSR count). The van der Waals surface area contributed by atoms with Crippen molar-refractivity contribution >= 4 is 22.9 Å². The van der Waals surface area contributed by atoms with Crippen LogP contribution in [0.5, 0.6) is 5.75 Å². The first-order valence-corrected chi connectivity index (χ1v) is 11.3. The van der Waals surface area contributed by atoms with E-state index in [0.717, 1.165) is 41.7 Å². The topological polar surface area (TPSA) is 76.3 Å². The van der Waals surface area contributed by atoms with Crippen LogP contribution in [-0.4, -0.2) is 36.3 Å². The predicted octanol–water partition coefficient (Wildman–Crippen LogP) is 4.54. The van der Waals surface area contributed by atoms with Gasteiger partial charge in [-0.2, -0.15) is 5.26 Å². The van der Waals surface area contributed by atoms with Gasteiger partial charge in [0.05, 0.1) is 12.6 Å². The van der Waals surface area contributed by atoms with E-state index in [9.17, 15) is 10.1 Å². The van der Waals surface area contributed by atoms with Gasteiger partial charge in [0.2, 0.25) is 0 Å². The molecule has 1 amide bonds. The number of fused-ring (bicyclic) bond motifs is 1. The number of hydrogen-bond acceptors (Lipinski definition) is 4. The lowest BCUT2D eigenvalue weighted by Gasteiger charge is -2.10. The Balaban J connectivity index is 1.48. The molecule has 0 radical (unpaired) electrons. The number of hydrogen-bond donors (Lipinski definition) is 1. The van der Waals surface area contributed by atoms with Gasteiger partial charge < -0.3 is 19.4 Å². The van der Waals surface area contributed by atoms with Crippen molar-refractivity contribution in [3.63, 3.8) is 0 Å². The maximum atomic E-state index is 12.6. The summed E-state index contributed by atoms with van der Waals surface area (Å²) < 4.78 is 13.6. The van der Waals surface area contributed by atoms with E-state index < -0.39 is 0 Å². The van der Waals surface area contributed by atoms with Gasteiger partial charge in [-0.05, 0) is 62.1 Å². The standard InChI is InChI=1S/C27H29N3O3/c1-19-9-10-23(14-20(19)2)33-13-11-30-18-22(25-7-3-4-8-26(25)30)15-21(16-28)27(31)29-17-24-6-5-12-32-24/h3-4,7-10,14-15,18,24H,5-6,11-13,17H2,1-2H3,(H,29,31)/b21-15+/t24-/m1/s1. The van der Waals surface area contributed by atoms with Crippen LogP contribution in [0.15, 0.2) is 54.2 Å². The van der Waals surface area contributed by atoms with Crippen LogP contribution in [-0.2, 0) is 16.1 Å². The summed E-state index contributed by atoms with van der Waals surface area (Å²) in [5.41, 5.74) is 4.39. The summed E-state index contributed by atoms with van der Waals surface area (Å²) in [5.74, 6) is 0.479. The molecule has 0 aliphatic carbocycles. The van der Waals surface area contributed by atoms with Crippen molar-refractivity contribution in [1.82, 2.24) is 9.88 Å². The zero-order valence-electron chi connectivity index (χ0n) is 19.1. The van der Waals surface area contributed by atoms with E-state index in [1.165, 1.54) is 11.1 Å². The normalized spacial score (nSPS) is 16.0. The van der Waals surface area contributed by atoms with Crippen molar-refractivity contribution in [3.05, 3.63) is 70.9 Å². The van der Waals surface area contributed by atoms with Gasteiger partial charge in [-0.3, -0.25) is 4.79 Å². The summed E-state index contributed by atoms with van der Waals surface area (Å²) in [6.07, 6.45) is 5.61. The fourth-order valence-electron chi connectivity index (χ4n) is 4.05. The SMILES string of the molecule is Cc1ccc(OCCn2cc(/C=C(\C#N)C(=O)NC[C@H]3CCCO3)c3ccccc32)cc1C. The van der Waals surface area contributed by atoms with E-state index in [4.69, 9.17) is 9.47 Å². The molecule has 0 saturated carbocycles. The number of para-hydroxylation sites is 1. The second-order valence-corrected chi connectivity index (χ2v) is 8.40. The fraction of sp³-hybridized carbons (Fsp3) is 0.333. The van der Waals surface area contributed by atoms with Gasteiger partial charge in [0.15, 0.2) is 0 Å². The second-order valence-electron chi connectivity index (χ2n) is 8.40. The van der Waals surface area contributed by atoms with Crippen molar-refractivity contribution in [2.45, 2.75) is 39.3 Å². The van der Waals surface area contributed by atoms with Gasteiger partial charge in [-0.15, -0.1) is 0 Å². The lowest BCUT2D eigenvalue weighted by Crippen LogP contribution is -2.32. The highest BCUT2D eigenvalue weighted by molar-refractivity contribution is 6.04. The van der Waals surface area contributed by atoms with Gasteiger partial charge in [-0.25, -0.2) is 0 Å². The fourth-order valence-corrected chi connectivity index (χ4v) is 4.05. The zero-order valence-corrected chi connectivity index (χ0v) is 19.1. The number of amides is 1. The number of nitrogens with zero attached hydrogens (tertiary/aromatic N) is 2. The summed E-state index contributed by atoms with van der Waals surface area (Å²) in [6.45, 7) is 6.47. The monoisotopic (exact) mass is 443 g/mol. The molecule has 0 spiro atoms. The van der Waals surface area contributed by atoms with E-state index in [1.54, 1.807) is 6.08 Å². The molecule has 2 aromatic carbocycles. The van der Waals surface area contributed by atoms with Gasteiger partial charge in [0.1, 0.15) is 24.0 Å². The predicted molar refractivity (Wildman–Crippen MR) is 129 cm³/mol. The van der Waals surface area contributed by atoms with Crippen molar-refractivity contribution in [1.29, 1.82) is 5.26 Å². The zero-order chi connectivity index (χ0) is 23.2. The summed E-state index contributed by atoms with van der Waals surface area (Å²) in [5, 5.41) is 13.4. The van der Waals surface area contributed by atoms with Crippen molar-refractivity contribution in [2.75, 3.05) is 19.8 Å². The number of ether oxygens (including phenoxy) is 2. The Labute approximate surface area is 194 Å². The van der Waals surface area contributed by atoms with Crippen LogP contribution in [0.25, 0.3) is 17.0 Å². The summed E-state index contributed by atoms with van der Waals surface area (Å²) in [6, 6.07) is 16.1. The molecule has 33 heavy (non-hydrogen) atoms. The van der Waals surface area contributed by atoms with E-state index >= 15 is 0 Å². The van der Waals surface area contributed by atoms with E-state index in [0.29, 0.717) is 19.7 Å². The van der Waals surface area contributed by atoms with Crippen LogP contribution in [0.4, 0.5) is 0 Å². The molecule has 1 fully saturated rings. The highest BCUT2D eigenvalue weighted by Crippen LogP contribution is 2.24. The van der Waals surface area contributed by atoms with Crippen LogP contribution in [0.1, 0.15) is 29.5 Å². The first-order valence-electron chi connectivity index (χ1n) is 11.3. The molecule has 3 aromatic rings. The lowest BCUT2D eigenvalue weighted by atomic mass is 10.1. The van der Waals surface area contributed by atoms with Crippen LogP contribution >= 0.6 is 0 Å². The lowest BCUT2D eigenvalue weighted by molar-refractivity contribution is -0.117. The molecule has 1 saturated heterocycles. The number of benzene rings is 2. The van der Waals surface area contributed by atoms with E-state index in [2.05, 4.69) is 29.8 Å². The first kappa shape index (κ1) is 22.6. The minimum Gasteiger partial charge on any atom is -0.492 e. The molecule has 0 unspecified atom stereocenters. The molecule has 0 bridgehead atoms. The molecule has 1 aliphatic rings. The van der Waals surface area contributed by atoms with Crippen molar-refractivity contribution in [3.8, 4) is 11.8 Å². The number of carbonyl (C=O) groups is 1. The largest absolute Gasteiger partial charge is 0.492 e. The molecular formula is C27H29N3O3. The Bertz CT molecular complexity index is 1210. The average Bonchev–Trinajstić information content (AvgIpc) is 3.47. The van der Waals surface area contributed by atoms with Crippen LogP contribution in [0, 0.1) is 25.2 Å². The molecule has 6 heteroatoms. The van der Waals surface area contributed by atoms with Gasteiger partial charge in [0, 0.05) is 35.8 Å². The quantitative estimate of drug-likeness (QED) is 0.410. The summed E-state index contributed by atoms with van der Waals surface area (Å²) >= 11 is 0. The number of nitrogens with one attached hydrogen (secondary N) is 1. The molecule has 1 aliphatic heterocycles. The molecule has 1 aromatic heterocycles.